The first-order chi connectivity index (χ1) is 17.5. The molecular weight excluding hydrogens is 500 g/mol. The van der Waals surface area contributed by atoms with Gasteiger partial charge >= 0.3 is 0 Å². The number of carbonyl (C=O) groups excluding carboxylic acids is 2. The van der Waals surface area contributed by atoms with Crippen LogP contribution in [0.4, 0.5) is 11.5 Å². The first kappa shape index (κ1) is 28.6. The second-order valence-corrected chi connectivity index (χ2v) is 10.3. The number of aryl methyl sites for hydroxylation is 1. The molecule has 0 bridgehead atoms. The lowest BCUT2D eigenvalue weighted by molar-refractivity contribution is -0.125. The fourth-order valence-corrected chi connectivity index (χ4v) is 4.13. The smallest absolute Gasteiger partial charge is 0.232 e. The number of Topliss-reactive ketones (excluding diaryl/α,β-unsaturated/α-hetero) is 1. The maximum absolute atomic E-state index is 13.2. The number of anilines is 2. The number of halogens is 1. The number of aromatic nitrogens is 2. The van der Waals surface area contributed by atoms with Crippen molar-refractivity contribution in [3.05, 3.63) is 83.1 Å². The normalized spacial score (nSPS) is 11.1. The zero-order chi connectivity index (χ0) is 26.7. The minimum Gasteiger partial charge on any atom is -0.438 e. The zero-order valence-corrected chi connectivity index (χ0v) is 22.0. The Morgan fingerprint density at radius 2 is 1.74 bits per heavy atom. The Balaban J connectivity index is 0.00000400. The van der Waals surface area contributed by atoms with Gasteiger partial charge in [0.05, 0.1) is 10.6 Å². The first-order valence-electron chi connectivity index (χ1n) is 11.9. The van der Waals surface area contributed by atoms with Crippen molar-refractivity contribution >= 4 is 45.6 Å². The van der Waals surface area contributed by atoms with E-state index < -0.39 is 5.41 Å². The van der Waals surface area contributed by atoms with Gasteiger partial charge in [-0.2, -0.15) is 0 Å². The van der Waals surface area contributed by atoms with Gasteiger partial charge in [0.25, 0.3) is 0 Å². The average molecular weight is 533 g/mol. The van der Waals surface area contributed by atoms with E-state index in [0.29, 0.717) is 28.6 Å². The molecule has 2 aromatic heterocycles. The van der Waals surface area contributed by atoms with E-state index in [1.54, 1.807) is 48.5 Å². The maximum atomic E-state index is 13.2. The Hall–Kier alpha value is -3.97. The molecular formula is C30H33ClN4O3. The summed E-state index contributed by atoms with van der Waals surface area (Å²) in [5.74, 6) is 1.02. The van der Waals surface area contributed by atoms with Gasteiger partial charge in [-0.15, -0.1) is 0 Å². The SMILES string of the molecule is C.CN(C(=O)C(C)(C)C)c1ccc(Oc2ncc(Cl)cc2C(=O)CCc2ccc3c(N)nccc3c2)cc1. The van der Waals surface area contributed by atoms with Crippen LogP contribution in [0, 0.1) is 5.41 Å². The highest BCUT2D eigenvalue weighted by Crippen LogP contribution is 2.30. The summed E-state index contributed by atoms with van der Waals surface area (Å²) >= 11 is 6.16. The van der Waals surface area contributed by atoms with Crippen LogP contribution < -0.4 is 15.4 Å². The zero-order valence-electron chi connectivity index (χ0n) is 21.3. The number of amides is 1. The lowest BCUT2D eigenvalue weighted by atomic mass is 9.95. The number of carbonyl (C=O) groups is 2. The number of nitrogen functional groups attached to an aromatic ring is 1. The van der Waals surface area contributed by atoms with Crippen molar-refractivity contribution in [1.82, 2.24) is 9.97 Å². The summed E-state index contributed by atoms with van der Waals surface area (Å²) in [4.78, 5) is 35.7. The minimum atomic E-state index is -0.496. The third kappa shape index (κ3) is 6.47. The highest BCUT2D eigenvalue weighted by Gasteiger charge is 2.26. The molecule has 0 fully saturated rings. The molecule has 2 heterocycles. The fraction of sp³-hybridized carbons (Fsp3) is 0.267. The first-order valence-corrected chi connectivity index (χ1v) is 12.3. The van der Waals surface area contributed by atoms with Crippen molar-refractivity contribution < 1.29 is 14.3 Å². The van der Waals surface area contributed by atoms with Crippen molar-refractivity contribution in [1.29, 1.82) is 0 Å². The van der Waals surface area contributed by atoms with E-state index >= 15 is 0 Å². The summed E-state index contributed by atoms with van der Waals surface area (Å²) in [5, 5.41) is 2.21. The second kappa shape index (κ2) is 11.6. The molecule has 0 aliphatic carbocycles. The molecule has 2 N–H and O–H groups in total. The predicted octanol–water partition coefficient (Wildman–Crippen LogP) is 7.12. The number of nitrogens with two attached hydrogens (primary N) is 1. The van der Waals surface area contributed by atoms with Crippen molar-refractivity contribution in [2.45, 2.75) is 41.0 Å². The van der Waals surface area contributed by atoms with Gasteiger partial charge in [0.1, 0.15) is 11.6 Å². The highest BCUT2D eigenvalue weighted by atomic mass is 35.5. The predicted molar refractivity (Wildman–Crippen MR) is 154 cm³/mol. The molecule has 4 rings (SSSR count). The Kier molecular flexibility index (Phi) is 8.74. The summed E-state index contributed by atoms with van der Waals surface area (Å²) in [6, 6.07) is 16.4. The summed E-state index contributed by atoms with van der Waals surface area (Å²) in [5.41, 5.74) is 7.50. The van der Waals surface area contributed by atoms with Crippen molar-refractivity contribution in [2.75, 3.05) is 17.7 Å². The van der Waals surface area contributed by atoms with Gasteiger partial charge in [-0.05, 0) is 53.8 Å². The van der Waals surface area contributed by atoms with E-state index in [1.165, 1.54) is 6.20 Å². The van der Waals surface area contributed by atoms with Crippen LogP contribution in [0.25, 0.3) is 10.8 Å². The molecule has 2 aromatic carbocycles. The number of ketones is 1. The topological polar surface area (TPSA) is 98.4 Å². The Labute approximate surface area is 228 Å². The Morgan fingerprint density at radius 3 is 2.42 bits per heavy atom. The van der Waals surface area contributed by atoms with Crippen molar-refractivity contribution in [2.24, 2.45) is 5.41 Å². The third-order valence-electron chi connectivity index (χ3n) is 6.00. The molecule has 1 amide bonds. The van der Waals surface area contributed by atoms with E-state index in [0.717, 1.165) is 22.0 Å². The Morgan fingerprint density at radius 1 is 1.03 bits per heavy atom. The number of nitrogens with zero attached hydrogens (tertiary/aromatic N) is 3. The molecule has 0 saturated carbocycles. The van der Waals surface area contributed by atoms with Crippen LogP contribution in [0.1, 0.15) is 50.5 Å². The minimum absolute atomic E-state index is 0. The molecule has 0 unspecified atom stereocenters. The number of hydrogen-bond donors (Lipinski definition) is 1. The second-order valence-electron chi connectivity index (χ2n) is 9.89. The van der Waals surface area contributed by atoms with Gasteiger partial charge in [-0.25, -0.2) is 9.97 Å². The monoisotopic (exact) mass is 532 g/mol. The van der Waals surface area contributed by atoms with Crippen LogP contribution in [-0.4, -0.2) is 28.7 Å². The molecule has 0 radical (unpaired) electrons. The van der Waals surface area contributed by atoms with Crippen molar-refractivity contribution in [3.63, 3.8) is 0 Å². The van der Waals surface area contributed by atoms with E-state index in [4.69, 9.17) is 22.1 Å². The van der Waals surface area contributed by atoms with Gasteiger partial charge in [0.15, 0.2) is 5.78 Å². The summed E-state index contributed by atoms with van der Waals surface area (Å²) in [7, 11) is 1.74. The molecule has 198 valence electrons. The molecule has 38 heavy (non-hydrogen) atoms. The number of fused-ring (bicyclic) bond motifs is 1. The molecule has 0 atom stereocenters. The van der Waals surface area contributed by atoms with Crippen LogP contribution in [0.5, 0.6) is 11.6 Å². The number of pyridine rings is 2. The molecule has 7 nitrogen and oxygen atoms in total. The summed E-state index contributed by atoms with van der Waals surface area (Å²) in [6.45, 7) is 5.63. The van der Waals surface area contributed by atoms with E-state index in [1.807, 2.05) is 45.0 Å². The largest absolute Gasteiger partial charge is 0.438 e. The van der Waals surface area contributed by atoms with Crippen LogP contribution in [0.2, 0.25) is 5.02 Å². The quantitative estimate of drug-likeness (QED) is 0.254. The number of rotatable bonds is 7. The molecule has 0 saturated heterocycles. The number of ether oxygens (including phenoxy) is 1. The van der Waals surface area contributed by atoms with E-state index in [-0.39, 0.29) is 31.4 Å². The highest BCUT2D eigenvalue weighted by molar-refractivity contribution is 6.30. The molecule has 0 spiro atoms. The number of benzene rings is 2. The van der Waals surface area contributed by atoms with Crippen LogP contribution in [-0.2, 0) is 11.2 Å². The molecule has 4 aromatic rings. The lowest BCUT2D eigenvalue weighted by Gasteiger charge is -2.26. The molecule has 8 heteroatoms. The van der Waals surface area contributed by atoms with Gasteiger partial charge in [0, 0.05) is 42.4 Å². The average Bonchev–Trinajstić information content (AvgIpc) is 2.87. The summed E-state index contributed by atoms with van der Waals surface area (Å²) < 4.78 is 5.96. The van der Waals surface area contributed by atoms with Crippen LogP contribution in [0.3, 0.4) is 0 Å². The Bertz CT molecular complexity index is 1460. The molecule has 0 aliphatic rings. The van der Waals surface area contributed by atoms with Crippen LogP contribution >= 0.6 is 11.6 Å². The summed E-state index contributed by atoms with van der Waals surface area (Å²) in [6.07, 6.45) is 3.90. The van der Waals surface area contributed by atoms with Gasteiger partial charge < -0.3 is 15.4 Å². The van der Waals surface area contributed by atoms with Crippen molar-refractivity contribution in [3.8, 4) is 11.6 Å². The van der Waals surface area contributed by atoms with E-state index in [9.17, 15) is 9.59 Å². The number of hydrogen-bond acceptors (Lipinski definition) is 6. The van der Waals surface area contributed by atoms with Crippen LogP contribution in [0.15, 0.2) is 67.0 Å². The van der Waals surface area contributed by atoms with E-state index in [2.05, 4.69) is 9.97 Å². The van der Waals surface area contributed by atoms with Gasteiger partial charge in [-0.1, -0.05) is 58.0 Å². The maximum Gasteiger partial charge on any atom is 0.232 e. The standard InChI is InChI=1S/C29H29ClN4O3.CH4/c1-29(2,3)28(36)34(4)21-7-9-22(10-8-21)37-27-24(16-20(30)17-33-27)25(35)12-6-18-5-11-23-19(15-18)13-14-32-26(23)31;/h5,7-11,13-17H,6,12H2,1-4H3,(H2,31,32);1H4. The lowest BCUT2D eigenvalue weighted by Crippen LogP contribution is -2.36. The fourth-order valence-electron chi connectivity index (χ4n) is 3.98. The van der Waals surface area contributed by atoms with Gasteiger partial charge in [-0.3, -0.25) is 9.59 Å². The third-order valence-corrected chi connectivity index (χ3v) is 6.21. The van der Waals surface area contributed by atoms with Gasteiger partial charge in [0.2, 0.25) is 11.8 Å². The molecule has 0 aliphatic heterocycles.